The lowest BCUT2D eigenvalue weighted by Crippen LogP contribution is -2.34. The van der Waals surface area contributed by atoms with Crippen LogP contribution in [0.15, 0.2) is 30.3 Å². The van der Waals surface area contributed by atoms with Crippen LogP contribution in [0.5, 0.6) is 0 Å². The van der Waals surface area contributed by atoms with Crippen molar-refractivity contribution >= 4 is 17.7 Å². The summed E-state index contributed by atoms with van der Waals surface area (Å²) < 4.78 is 4.90. The van der Waals surface area contributed by atoms with E-state index in [1.54, 1.807) is 19.2 Å². The van der Waals surface area contributed by atoms with Crippen LogP contribution in [0.25, 0.3) is 6.08 Å². The largest absolute Gasteiger partial charge is 0.383 e. The standard InChI is InChI=1S/C13H16N2O4/c1-10(9-19-2)14-13(16)7-6-11-4-3-5-12(8-11)15(17)18/h3-8,10H,9H2,1-2H3,(H,14,16)/b7-6+/t10-/m1/s1. The number of rotatable bonds is 6. The number of amides is 1. The van der Waals surface area contributed by atoms with Crippen molar-refractivity contribution in [1.82, 2.24) is 5.32 Å². The van der Waals surface area contributed by atoms with Crippen molar-refractivity contribution in [3.8, 4) is 0 Å². The number of hydrogen-bond donors (Lipinski definition) is 1. The molecular weight excluding hydrogens is 248 g/mol. The van der Waals surface area contributed by atoms with E-state index in [9.17, 15) is 14.9 Å². The predicted octanol–water partition coefficient (Wildman–Crippen LogP) is 1.76. The molecule has 1 N–H and O–H groups in total. The Morgan fingerprint density at radius 3 is 2.95 bits per heavy atom. The van der Waals surface area contributed by atoms with E-state index in [2.05, 4.69) is 5.32 Å². The molecule has 0 saturated heterocycles. The number of carbonyl (C=O) groups excluding carboxylic acids is 1. The van der Waals surface area contributed by atoms with Gasteiger partial charge in [0.15, 0.2) is 0 Å². The number of non-ortho nitro benzene ring substituents is 1. The third kappa shape index (κ3) is 5.31. The van der Waals surface area contributed by atoms with Crippen molar-refractivity contribution in [2.75, 3.05) is 13.7 Å². The Morgan fingerprint density at radius 2 is 2.32 bits per heavy atom. The van der Waals surface area contributed by atoms with Crippen LogP contribution in [0.3, 0.4) is 0 Å². The number of methoxy groups -OCH3 is 1. The lowest BCUT2D eigenvalue weighted by atomic mass is 10.2. The highest BCUT2D eigenvalue weighted by molar-refractivity contribution is 5.91. The number of nitro groups is 1. The molecule has 0 aliphatic rings. The maximum absolute atomic E-state index is 11.5. The number of nitrogens with zero attached hydrogens (tertiary/aromatic N) is 1. The fourth-order valence-corrected chi connectivity index (χ4v) is 1.50. The second-order valence-corrected chi connectivity index (χ2v) is 4.05. The molecule has 6 heteroatoms. The van der Waals surface area contributed by atoms with Crippen LogP contribution in [-0.2, 0) is 9.53 Å². The molecule has 0 radical (unpaired) electrons. The quantitative estimate of drug-likeness (QED) is 0.482. The summed E-state index contributed by atoms with van der Waals surface area (Å²) >= 11 is 0. The van der Waals surface area contributed by atoms with Gasteiger partial charge in [-0.1, -0.05) is 12.1 Å². The van der Waals surface area contributed by atoms with Crippen molar-refractivity contribution in [2.45, 2.75) is 13.0 Å². The molecule has 0 saturated carbocycles. The molecule has 1 aromatic rings. The van der Waals surface area contributed by atoms with Gasteiger partial charge in [0.2, 0.25) is 5.91 Å². The Balaban J connectivity index is 2.63. The van der Waals surface area contributed by atoms with E-state index in [1.165, 1.54) is 24.3 Å². The molecule has 6 nitrogen and oxygen atoms in total. The first-order chi connectivity index (χ1) is 9.02. The molecule has 0 aliphatic carbocycles. The summed E-state index contributed by atoms with van der Waals surface area (Å²) in [6, 6.07) is 5.98. The maximum Gasteiger partial charge on any atom is 0.270 e. The SMILES string of the molecule is COC[C@@H](C)NC(=O)/C=C/c1cccc([N+](=O)[O-])c1. The molecule has 0 fully saturated rings. The van der Waals surface area contributed by atoms with Gasteiger partial charge >= 0.3 is 0 Å². The van der Waals surface area contributed by atoms with Crippen molar-refractivity contribution in [2.24, 2.45) is 0 Å². The first kappa shape index (κ1) is 14.8. The van der Waals surface area contributed by atoms with E-state index < -0.39 is 4.92 Å². The summed E-state index contributed by atoms with van der Waals surface area (Å²) in [5, 5.41) is 13.3. The Labute approximate surface area is 111 Å². The minimum absolute atomic E-state index is 0.00434. The average Bonchev–Trinajstić information content (AvgIpc) is 2.37. The van der Waals surface area contributed by atoms with Gasteiger partial charge in [0.05, 0.1) is 11.5 Å². The van der Waals surface area contributed by atoms with Gasteiger partial charge in [-0.3, -0.25) is 14.9 Å². The van der Waals surface area contributed by atoms with E-state index in [1.807, 2.05) is 6.92 Å². The monoisotopic (exact) mass is 264 g/mol. The maximum atomic E-state index is 11.5. The fourth-order valence-electron chi connectivity index (χ4n) is 1.50. The van der Waals surface area contributed by atoms with Crippen LogP contribution in [0.2, 0.25) is 0 Å². The summed E-state index contributed by atoms with van der Waals surface area (Å²) in [6.07, 6.45) is 2.87. The van der Waals surface area contributed by atoms with Gasteiger partial charge < -0.3 is 10.1 Å². The topological polar surface area (TPSA) is 81.5 Å². The van der Waals surface area contributed by atoms with Gasteiger partial charge in [0.25, 0.3) is 5.69 Å². The highest BCUT2D eigenvalue weighted by Gasteiger charge is 2.05. The smallest absolute Gasteiger partial charge is 0.270 e. The normalized spacial score (nSPS) is 12.3. The Bertz CT molecular complexity index is 485. The minimum atomic E-state index is -0.474. The van der Waals surface area contributed by atoms with E-state index >= 15 is 0 Å². The third-order valence-corrected chi connectivity index (χ3v) is 2.31. The van der Waals surface area contributed by atoms with Crippen molar-refractivity contribution in [3.05, 3.63) is 46.0 Å². The van der Waals surface area contributed by atoms with Gasteiger partial charge in [0.1, 0.15) is 0 Å². The molecule has 0 aromatic heterocycles. The van der Waals surface area contributed by atoms with Gasteiger partial charge in [-0.05, 0) is 18.6 Å². The number of ether oxygens (including phenoxy) is 1. The zero-order chi connectivity index (χ0) is 14.3. The highest BCUT2D eigenvalue weighted by Crippen LogP contribution is 2.13. The molecule has 1 rings (SSSR count). The van der Waals surface area contributed by atoms with Crippen molar-refractivity contribution in [3.63, 3.8) is 0 Å². The van der Waals surface area contributed by atoms with Crippen LogP contribution >= 0.6 is 0 Å². The number of carbonyl (C=O) groups is 1. The lowest BCUT2D eigenvalue weighted by Gasteiger charge is -2.10. The van der Waals surface area contributed by atoms with Gasteiger partial charge in [-0.2, -0.15) is 0 Å². The number of benzene rings is 1. The summed E-state index contributed by atoms with van der Waals surface area (Å²) in [6.45, 7) is 2.25. The second-order valence-electron chi connectivity index (χ2n) is 4.05. The highest BCUT2D eigenvalue weighted by atomic mass is 16.6. The number of nitrogens with one attached hydrogen (secondary N) is 1. The van der Waals surface area contributed by atoms with Crippen LogP contribution in [-0.4, -0.2) is 30.6 Å². The van der Waals surface area contributed by atoms with Crippen molar-refractivity contribution in [1.29, 1.82) is 0 Å². The molecule has 0 unspecified atom stereocenters. The van der Waals surface area contributed by atoms with Gasteiger partial charge in [0, 0.05) is 31.4 Å². The Morgan fingerprint density at radius 1 is 1.58 bits per heavy atom. The van der Waals surface area contributed by atoms with E-state index in [0.29, 0.717) is 12.2 Å². The molecule has 19 heavy (non-hydrogen) atoms. The second kappa shape index (κ2) is 7.27. The van der Waals surface area contributed by atoms with Crippen LogP contribution < -0.4 is 5.32 Å². The summed E-state index contributed by atoms with van der Waals surface area (Å²) in [5.41, 5.74) is 0.596. The average molecular weight is 264 g/mol. The Kier molecular flexibility index (Phi) is 5.69. The van der Waals surface area contributed by atoms with Crippen LogP contribution in [0, 0.1) is 10.1 Å². The molecule has 102 valence electrons. The van der Waals surface area contributed by atoms with Crippen molar-refractivity contribution < 1.29 is 14.5 Å². The fraction of sp³-hybridized carbons (Fsp3) is 0.308. The molecular formula is C13H16N2O4. The molecule has 0 bridgehead atoms. The van der Waals surface area contributed by atoms with E-state index in [0.717, 1.165) is 0 Å². The molecule has 1 aromatic carbocycles. The van der Waals surface area contributed by atoms with Crippen LogP contribution in [0.1, 0.15) is 12.5 Å². The van der Waals surface area contributed by atoms with Crippen LogP contribution in [0.4, 0.5) is 5.69 Å². The first-order valence-electron chi connectivity index (χ1n) is 5.75. The molecule has 0 spiro atoms. The van der Waals surface area contributed by atoms with E-state index in [-0.39, 0.29) is 17.6 Å². The zero-order valence-electron chi connectivity index (χ0n) is 10.8. The summed E-state index contributed by atoms with van der Waals surface area (Å²) in [7, 11) is 1.56. The number of nitro benzene ring substituents is 1. The van der Waals surface area contributed by atoms with E-state index in [4.69, 9.17) is 4.74 Å². The third-order valence-electron chi connectivity index (χ3n) is 2.31. The predicted molar refractivity (Wildman–Crippen MR) is 71.6 cm³/mol. The molecule has 1 amide bonds. The van der Waals surface area contributed by atoms with Gasteiger partial charge in [-0.25, -0.2) is 0 Å². The zero-order valence-corrected chi connectivity index (χ0v) is 10.8. The summed E-state index contributed by atoms with van der Waals surface area (Å²) in [4.78, 5) is 21.7. The number of hydrogen-bond acceptors (Lipinski definition) is 4. The minimum Gasteiger partial charge on any atom is -0.383 e. The molecule has 1 atom stereocenters. The van der Waals surface area contributed by atoms with Gasteiger partial charge in [-0.15, -0.1) is 0 Å². The first-order valence-corrected chi connectivity index (χ1v) is 5.75. The Hall–Kier alpha value is -2.21. The molecule has 0 aliphatic heterocycles. The lowest BCUT2D eigenvalue weighted by molar-refractivity contribution is -0.384. The molecule has 0 heterocycles. The summed E-state index contributed by atoms with van der Waals surface area (Å²) in [5.74, 6) is -0.268.